The van der Waals surface area contributed by atoms with Gasteiger partial charge in [0.2, 0.25) is 0 Å². The van der Waals surface area contributed by atoms with Crippen LogP contribution in [-0.2, 0) is 25.6 Å². The van der Waals surface area contributed by atoms with Crippen LogP contribution in [0, 0.1) is 0 Å². The van der Waals surface area contributed by atoms with E-state index in [4.69, 9.17) is 14.2 Å². The third kappa shape index (κ3) is 4.77. The van der Waals surface area contributed by atoms with E-state index in [2.05, 4.69) is 0 Å². The first-order valence-corrected chi connectivity index (χ1v) is 10.5. The van der Waals surface area contributed by atoms with Crippen LogP contribution in [0.25, 0.3) is 0 Å². The lowest BCUT2D eigenvalue weighted by Gasteiger charge is -2.46. The van der Waals surface area contributed by atoms with Gasteiger partial charge in [0, 0.05) is 12.8 Å². The monoisotopic (exact) mass is 446 g/mol. The van der Waals surface area contributed by atoms with Crippen molar-refractivity contribution in [3.63, 3.8) is 0 Å². The Morgan fingerprint density at radius 3 is 2.00 bits per heavy atom. The predicted molar refractivity (Wildman–Crippen MR) is 114 cm³/mol. The molecule has 0 bridgehead atoms. The molecule has 1 saturated heterocycles. The molecule has 9 heteroatoms. The highest BCUT2D eigenvalue weighted by Crippen LogP contribution is 2.47. The second-order valence-electron chi connectivity index (χ2n) is 10.1. The third-order valence-corrected chi connectivity index (χ3v) is 5.02. The largest absolute Gasteiger partial charge is 0.443 e. The van der Waals surface area contributed by atoms with Gasteiger partial charge in [-0.15, -0.1) is 0 Å². The van der Waals surface area contributed by atoms with Crippen LogP contribution in [-0.4, -0.2) is 56.8 Å². The highest BCUT2D eigenvalue weighted by atomic mass is 16.6. The van der Waals surface area contributed by atoms with E-state index >= 15 is 0 Å². The van der Waals surface area contributed by atoms with Crippen LogP contribution >= 0.6 is 0 Å². The van der Waals surface area contributed by atoms with Crippen LogP contribution in [0.5, 0.6) is 0 Å². The van der Waals surface area contributed by atoms with Gasteiger partial charge in [-0.2, -0.15) is 4.90 Å². The lowest BCUT2D eigenvalue weighted by molar-refractivity contribution is -0.148. The zero-order chi connectivity index (χ0) is 23.9. The van der Waals surface area contributed by atoms with E-state index < -0.39 is 40.9 Å². The lowest BCUT2D eigenvalue weighted by atomic mass is 9.73. The summed E-state index contributed by atoms with van der Waals surface area (Å²) in [6, 6.07) is 8.44. The summed E-state index contributed by atoms with van der Waals surface area (Å²) in [5.74, 6) is -0.804. The smallest absolute Gasteiger partial charge is 0.425 e. The molecule has 0 aromatic heterocycles. The van der Waals surface area contributed by atoms with Gasteiger partial charge in [-0.3, -0.25) is 4.79 Å². The molecule has 1 spiro atoms. The summed E-state index contributed by atoms with van der Waals surface area (Å²) in [4.78, 5) is 52.9. The van der Waals surface area contributed by atoms with Crippen LogP contribution < -0.4 is 0 Å². The minimum Gasteiger partial charge on any atom is -0.443 e. The molecular formula is C23H30N2O7. The van der Waals surface area contributed by atoms with Gasteiger partial charge in [0.15, 0.2) is 0 Å². The molecule has 1 saturated carbocycles. The van der Waals surface area contributed by atoms with Gasteiger partial charge in [0.1, 0.15) is 16.7 Å². The Hall–Kier alpha value is -2.94. The number of ether oxygens (including phenoxy) is 3. The minimum absolute atomic E-state index is 0.0724. The fourth-order valence-corrected chi connectivity index (χ4v) is 3.66. The molecule has 2 aliphatic rings. The Balaban J connectivity index is 1.81. The fourth-order valence-electron chi connectivity index (χ4n) is 3.66. The van der Waals surface area contributed by atoms with E-state index in [-0.39, 0.29) is 18.9 Å². The first-order valence-electron chi connectivity index (χ1n) is 10.5. The lowest BCUT2D eigenvalue weighted by Crippen LogP contribution is -2.63. The summed E-state index contributed by atoms with van der Waals surface area (Å²) in [6.45, 7) is 10.1. The van der Waals surface area contributed by atoms with E-state index in [1.54, 1.807) is 41.5 Å². The molecule has 0 N–H and O–H groups in total. The van der Waals surface area contributed by atoms with Gasteiger partial charge in [0.25, 0.3) is 5.91 Å². The summed E-state index contributed by atoms with van der Waals surface area (Å²) in [6.07, 6.45) is -2.32. The average molecular weight is 447 g/mol. The molecule has 0 atom stereocenters. The van der Waals surface area contributed by atoms with Gasteiger partial charge in [-0.1, -0.05) is 30.3 Å². The van der Waals surface area contributed by atoms with Crippen molar-refractivity contribution < 1.29 is 33.4 Å². The number of benzene rings is 1. The Labute approximate surface area is 187 Å². The first-order chi connectivity index (χ1) is 14.7. The number of imide groups is 4. The predicted octanol–water partition coefficient (Wildman–Crippen LogP) is 4.24. The molecule has 0 unspecified atom stereocenters. The Kier molecular flexibility index (Phi) is 6.08. The number of carbonyl (C=O) groups excluding carboxylic acids is 4. The summed E-state index contributed by atoms with van der Waals surface area (Å²) < 4.78 is 16.4. The SMILES string of the molecule is CC(C)(C)OC(=O)N1C(=O)N(C(=O)OC(C)(C)C)C2(CC(OCc3ccccc3)C2)C1=O. The van der Waals surface area contributed by atoms with Gasteiger partial charge >= 0.3 is 18.2 Å². The molecule has 1 heterocycles. The molecule has 1 aliphatic carbocycles. The average Bonchev–Trinajstić information content (AvgIpc) is 2.84. The number of hydrogen-bond donors (Lipinski definition) is 0. The first kappa shape index (κ1) is 23.7. The van der Waals surface area contributed by atoms with E-state index in [1.807, 2.05) is 30.3 Å². The van der Waals surface area contributed by atoms with Crippen LogP contribution in [0.3, 0.4) is 0 Å². The maximum atomic E-state index is 13.2. The van der Waals surface area contributed by atoms with Crippen molar-refractivity contribution in [3.05, 3.63) is 35.9 Å². The van der Waals surface area contributed by atoms with E-state index in [1.165, 1.54) is 0 Å². The molecular weight excluding hydrogens is 416 g/mol. The number of urea groups is 1. The van der Waals surface area contributed by atoms with Crippen molar-refractivity contribution in [3.8, 4) is 0 Å². The van der Waals surface area contributed by atoms with Crippen molar-refractivity contribution in [2.45, 2.75) is 83.8 Å². The fraction of sp³-hybridized carbons (Fsp3) is 0.565. The normalized spacial score (nSPS) is 23.4. The van der Waals surface area contributed by atoms with Crippen LogP contribution in [0.1, 0.15) is 59.9 Å². The number of amides is 5. The molecule has 1 aromatic rings. The van der Waals surface area contributed by atoms with Gasteiger partial charge < -0.3 is 14.2 Å². The minimum atomic E-state index is -1.53. The topological polar surface area (TPSA) is 102 Å². The molecule has 9 nitrogen and oxygen atoms in total. The van der Waals surface area contributed by atoms with Gasteiger partial charge in [0.05, 0.1) is 12.7 Å². The Bertz CT molecular complexity index is 909. The number of carbonyl (C=O) groups is 4. The highest BCUT2D eigenvalue weighted by Gasteiger charge is 2.69. The summed E-state index contributed by atoms with van der Waals surface area (Å²) in [5, 5.41) is 0. The zero-order valence-electron chi connectivity index (χ0n) is 19.3. The van der Waals surface area contributed by atoms with Crippen molar-refractivity contribution in [2.24, 2.45) is 0 Å². The molecule has 174 valence electrons. The quantitative estimate of drug-likeness (QED) is 0.640. The zero-order valence-corrected chi connectivity index (χ0v) is 19.3. The Morgan fingerprint density at radius 2 is 1.47 bits per heavy atom. The van der Waals surface area contributed by atoms with Gasteiger partial charge in [-0.25, -0.2) is 19.3 Å². The van der Waals surface area contributed by atoms with E-state index in [9.17, 15) is 19.2 Å². The maximum absolute atomic E-state index is 13.2. The number of hydrogen-bond acceptors (Lipinski definition) is 7. The van der Waals surface area contributed by atoms with Crippen molar-refractivity contribution in [2.75, 3.05) is 0 Å². The van der Waals surface area contributed by atoms with Crippen molar-refractivity contribution in [1.29, 1.82) is 0 Å². The summed E-state index contributed by atoms with van der Waals surface area (Å²) in [5.41, 5.74) is -2.39. The maximum Gasteiger partial charge on any atom is 0.425 e. The van der Waals surface area contributed by atoms with Gasteiger partial charge in [-0.05, 0) is 47.1 Å². The van der Waals surface area contributed by atoms with Crippen molar-refractivity contribution in [1.82, 2.24) is 9.80 Å². The Morgan fingerprint density at radius 1 is 0.938 bits per heavy atom. The van der Waals surface area contributed by atoms with E-state index in [0.717, 1.165) is 10.5 Å². The number of nitrogens with zero attached hydrogens (tertiary/aromatic N) is 2. The second kappa shape index (κ2) is 8.20. The third-order valence-electron chi connectivity index (χ3n) is 5.02. The second-order valence-corrected chi connectivity index (χ2v) is 10.1. The molecule has 1 aromatic carbocycles. The molecule has 5 amide bonds. The molecule has 3 rings (SSSR count). The summed E-state index contributed by atoms with van der Waals surface area (Å²) >= 11 is 0. The highest BCUT2D eigenvalue weighted by molar-refractivity contribution is 6.21. The standard InChI is InChI=1S/C23H30N2O7/c1-21(2,3)31-19(28)24-17(26)23(25(18(24)27)20(29)32-22(4,5)6)12-16(13-23)30-14-15-10-8-7-9-11-15/h7-11,16H,12-14H2,1-6H3. The van der Waals surface area contributed by atoms with Crippen LogP contribution in [0.4, 0.5) is 14.4 Å². The van der Waals surface area contributed by atoms with Crippen molar-refractivity contribution >= 4 is 24.1 Å². The van der Waals surface area contributed by atoms with E-state index in [0.29, 0.717) is 11.5 Å². The number of rotatable bonds is 3. The molecule has 2 fully saturated rings. The summed E-state index contributed by atoms with van der Waals surface area (Å²) in [7, 11) is 0. The van der Waals surface area contributed by atoms with Crippen LogP contribution in [0.15, 0.2) is 30.3 Å². The molecule has 1 aliphatic heterocycles. The van der Waals surface area contributed by atoms with Crippen LogP contribution in [0.2, 0.25) is 0 Å². The molecule has 0 radical (unpaired) electrons. The molecule has 32 heavy (non-hydrogen) atoms.